The van der Waals surface area contributed by atoms with E-state index in [1.165, 1.54) is 0 Å². The summed E-state index contributed by atoms with van der Waals surface area (Å²) < 4.78 is 5.63. The number of hydrogen-bond donors (Lipinski definition) is 1. The van der Waals surface area contributed by atoms with Crippen LogP contribution in [0.15, 0.2) is 24.3 Å². The lowest BCUT2D eigenvalue weighted by atomic mass is 10.0. The summed E-state index contributed by atoms with van der Waals surface area (Å²) in [6.07, 6.45) is 0. The van der Waals surface area contributed by atoms with Gasteiger partial charge in [-0.2, -0.15) is 0 Å². The Morgan fingerprint density at radius 3 is 2.95 bits per heavy atom. The van der Waals surface area contributed by atoms with Crippen LogP contribution in [0.5, 0.6) is 0 Å². The van der Waals surface area contributed by atoms with Crippen molar-refractivity contribution in [1.29, 1.82) is 0 Å². The minimum absolute atomic E-state index is 0.0982. The van der Waals surface area contributed by atoms with Gasteiger partial charge in [0.25, 0.3) is 5.91 Å². The van der Waals surface area contributed by atoms with Crippen LogP contribution < -0.4 is 5.32 Å². The van der Waals surface area contributed by atoms with Gasteiger partial charge in [-0.05, 0) is 25.6 Å². The Kier molecular flexibility index (Phi) is 4.45. The zero-order valence-electron chi connectivity index (χ0n) is 11.3. The van der Waals surface area contributed by atoms with Crippen LogP contribution in [-0.4, -0.2) is 43.2 Å². The van der Waals surface area contributed by atoms with Crippen molar-refractivity contribution in [3.63, 3.8) is 0 Å². The monoisotopic (exact) mass is 282 g/mol. The first-order valence-electron chi connectivity index (χ1n) is 6.35. The molecule has 1 unspecified atom stereocenters. The van der Waals surface area contributed by atoms with Crippen molar-refractivity contribution < 1.29 is 9.53 Å². The summed E-state index contributed by atoms with van der Waals surface area (Å²) in [4.78, 5) is 14.3. The fourth-order valence-electron chi connectivity index (χ4n) is 2.21. The number of hydrogen-bond acceptors (Lipinski definition) is 3. The van der Waals surface area contributed by atoms with Gasteiger partial charge >= 0.3 is 0 Å². The van der Waals surface area contributed by atoms with Crippen LogP contribution in [0, 0.1) is 0 Å². The van der Waals surface area contributed by atoms with Gasteiger partial charge in [-0.25, -0.2) is 0 Å². The van der Waals surface area contributed by atoms with Crippen LogP contribution >= 0.6 is 11.6 Å². The molecule has 1 aliphatic rings. The molecule has 1 heterocycles. The van der Waals surface area contributed by atoms with Crippen LogP contribution in [0.1, 0.15) is 12.5 Å². The number of morpholine rings is 1. The normalized spacial score (nSPS) is 24.2. The Balaban J connectivity index is 1.96. The quantitative estimate of drug-likeness (QED) is 0.917. The van der Waals surface area contributed by atoms with Gasteiger partial charge in [0.05, 0.1) is 6.61 Å². The maximum Gasteiger partial charge on any atom is 0.253 e. The van der Waals surface area contributed by atoms with E-state index < -0.39 is 5.60 Å². The van der Waals surface area contributed by atoms with E-state index in [0.717, 1.165) is 12.1 Å². The van der Waals surface area contributed by atoms with Gasteiger partial charge in [0.15, 0.2) is 5.60 Å². The van der Waals surface area contributed by atoms with E-state index in [9.17, 15) is 4.79 Å². The number of nitrogens with one attached hydrogen (secondary N) is 1. The fraction of sp³-hybridized carbons (Fsp3) is 0.500. The summed E-state index contributed by atoms with van der Waals surface area (Å²) in [5.41, 5.74) is 0.124. The summed E-state index contributed by atoms with van der Waals surface area (Å²) in [6, 6.07) is 7.49. The third kappa shape index (κ3) is 3.47. The molecule has 1 N–H and O–H groups in total. The Hall–Kier alpha value is -1.10. The third-order valence-electron chi connectivity index (χ3n) is 3.34. The molecule has 0 aromatic heterocycles. The predicted molar refractivity (Wildman–Crippen MR) is 75.2 cm³/mol. The van der Waals surface area contributed by atoms with Crippen molar-refractivity contribution in [3.8, 4) is 0 Å². The summed E-state index contributed by atoms with van der Waals surface area (Å²) >= 11 is 6.06. The number of carbonyl (C=O) groups excluding carboxylic acids is 1. The number of carbonyl (C=O) groups is 1. The molecule has 0 saturated carbocycles. The van der Waals surface area contributed by atoms with Crippen molar-refractivity contribution in [1.82, 2.24) is 10.2 Å². The first kappa shape index (κ1) is 14.3. The Morgan fingerprint density at radius 2 is 2.26 bits per heavy atom. The number of benzene rings is 1. The second kappa shape index (κ2) is 5.90. The molecule has 19 heavy (non-hydrogen) atoms. The predicted octanol–water partition coefficient (Wildman–Crippen LogP) is 1.68. The van der Waals surface area contributed by atoms with Gasteiger partial charge in [0, 0.05) is 24.7 Å². The first-order chi connectivity index (χ1) is 9.01. The van der Waals surface area contributed by atoms with Gasteiger partial charge in [0.1, 0.15) is 0 Å². The highest BCUT2D eigenvalue weighted by molar-refractivity contribution is 6.31. The maximum atomic E-state index is 12.2. The number of likely N-dealkylation sites (N-methyl/N-ethyl adjacent to an activating group) is 1. The molecule has 0 aliphatic carbocycles. The molecule has 0 radical (unpaired) electrons. The highest BCUT2D eigenvalue weighted by Gasteiger charge is 2.37. The number of amides is 1. The van der Waals surface area contributed by atoms with Crippen LogP contribution in [-0.2, 0) is 16.1 Å². The minimum Gasteiger partial charge on any atom is -0.363 e. The molecule has 1 aromatic carbocycles. The molecular formula is C14H19ClN2O2. The summed E-state index contributed by atoms with van der Waals surface area (Å²) in [6.45, 7) is 4.27. The molecule has 1 fully saturated rings. The fourth-order valence-corrected chi connectivity index (χ4v) is 2.41. The van der Waals surface area contributed by atoms with Crippen molar-refractivity contribution in [2.24, 2.45) is 0 Å². The Bertz CT molecular complexity index is 467. The largest absolute Gasteiger partial charge is 0.363 e. The van der Waals surface area contributed by atoms with E-state index in [-0.39, 0.29) is 5.91 Å². The average molecular weight is 283 g/mol. The van der Waals surface area contributed by atoms with Crippen LogP contribution in [0.3, 0.4) is 0 Å². The Morgan fingerprint density at radius 1 is 1.53 bits per heavy atom. The zero-order valence-corrected chi connectivity index (χ0v) is 12.0. The maximum absolute atomic E-state index is 12.2. The topological polar surface area (TPSA) is 41.6 Å². The Labute approximate surface area is 118 Å². The highest BCUT2D eigenvalue weighted by atomic mass is 35.5. The molecule has 1 amide bonds. The van der Waals surface area contributed by atoms with Gasteiger partial charge in [0.2, 0.25) is 0 Å². The minimum atomic E-state index is -0.783. The summed E-state index contributed by atoms with van der Waals surface area (Å²) in [7, 11) is 1.99. The highest BCUT2D eigenvalue weighted by Crippen LogP contribution is 2.18. The van der Waals surface area contributed by atoms with Crippen molar-refractivity contribution in [2.75, 3.05) is 26.7 Å². The van der Waals surface area contributed by atoms with Crippen molar-refractivity contribution in [3.05, 3.63) is 34.9 Å². The molecule has 1 aromatic rings. The van der Waals surface area contributed by atoms with Crippen LogP contribution in [0.25, 0.3) is 0 Å². The molecule has 104 valence electrons. The molecule has 1 atom stereocenters. The zero-order chi connectivity index (χ0) is 13.9. The van der Waals surface area contributed by atoms with E-state index in [4.69, 9.17) is 16.3 Å². The van der Waals surface area contributed by atoms with E-state index >= 15 is 0 Å². The number of halogens is 1. The number of rotatable bonds is 3. The lowest BCUT2D eigenvalue weighted by Crippen LogP contribution is -2.57. The molecule has 4 nitrogen and oxygen atoms in total. The SMILES string of the molecule is CN1CCOC(C)(C(=O)NCc2ccccc2Cl)C1. The van der Waals surface area contributed by atoms with E-state index in [0.29, 0.717) is 24.7 Å². The van der Waals surface area contributed by atoms with Crippen molar-refractivity contribution in [2.45, 2.75) is 19.1 Å². The van der Waals surface area contributed by atoms with Gasteiger partial charge in [-0.3, -0.25) is 4.79 Å². The van der Waals surface area contributed by atoms with Gasteiger partial charge < -0.3 is 15.0 Å². The van der Waals surface area contributed by atoms with Crippen LogP contribution in [0.4, 0.5) is 0 Å². The lowest BCUT2D eigenvalue weighted by Gasteiger charge is -2.37. The smallest absolute Gasteiger partial charge is 0.253 e. The molecular weight excluding hydrogens is 264 g/mol. The molecule has 0 spiro atoms. The van der Waals surface area contributed by atoms with Gasteiger partial charge in [-0.15, -0.1) is 0 Å². The van der Waals surface area contributed by atoms with Gasteiger partial charge in [-0.1, -0.05) is 29.8 Å². The molecule has 1 saturated heterocycles. The number of nitrogens with zero attached hydrogens (tertiary/aromatic N) is 1. The number of ether oxygens (including phenoxy) is 1. The second-order valence-electron chi connectivity index (χ2n) is 5.09. The van der Waals surface area contributed by atoms with E-state index in [1.54, 1.807) is 0 Å². The van der Waals surface area contributed by atoms with Crippen molar-refractivity contribution >= 4 is 17.5 Å². The first-order valence-corrected chi connectivity index (χ1v) is 6.73. The molecule has 5 heteroatoms. The molecule has 0 bridgehead atoms. The third-order valence-corrected chi connectivity index (χ3v) is 3.71. The van der Waals surface area contributed by atoms with Crippen LogP contribution in [0.2, 0.25) is 5.02 Å². The molecule has 2 rings (SSSR count). The molecule has 1 aliphatic heterocycles. The van der Waals surface area contributed by atoms with E-state index in [2.05, 4.69) is 10.2 Å². The lowest BCUT2D eigenvalue weighted by molar-refractivity contribution is -0.155. The van der Waals surface area contributed by atoms with E-state index in [1.807, 2.05) is 38.2 Å². The summed E-state index contributed by atoms with van der Waals surface area (Å²) in [5, 5.41) is 3.56. The summed E-state index contributed by atoms with van der Waals surface area (Å²) in [5.74, 6) is -0.0982. The average Bonchev–Trinajstić information content (AvgIpc) is 2.37. The standard InChI is InChI=1S/C14H19ClN2O2/c1-14(10-17(2)7-8-19-14)13(18)16-9-11-5-3-4-6-12(11)15/h3-6H,7-10H2,1-2H3,(H,16,18). The second-order valence-corrected chi connectivity index (χ2v) is 5.50.